The normalized spacial score (nSPS) is 12.9. The topological polar surface area (TPSA) is 94.2 Å². The van der Waals surface area contributed by atoms with Gasteiger partial charge in [-0.2, -0.15) is 0 Å². The minimum atomic E-state index is -3.56. The van der Waals surface area contributed by atoms with Crippen molar-refractivity contribution in [3.63, 3.8) is 0 Å². The zero-order chi connectivity index (χ0) is 24.3. The van der Waals surface area contributed by atoms with Crippen LogP contribution in [0.25, 0.3) is 0 Å². The third-order valence-corrected chi connectivity index (χ3v) is 7.12. The third kappa shape index (κ3) is 4.57. The molecule has 0 radical (unpaired) electrons. The van der Waals surface area contributed by atoms with Crippen LogP contribution in [0.15, 0.2) is 65.6 Å². The van der Waals surface area contributed by atoms with E-state index >= 15 is 0 Å². The monoisotopic (exact) mass is 482 g/mol. The quantitative estimate of drug-likeness (QED) is 0.529. The predicted octanol–water partition coefficient (Wildman–Crippen LogP) is 3.39. The SMILES string of the molecule is CNS(=O)(=O)c1ccc2c(c1)CCN2C(=O)c1cc(OC)c(OCc2ccccc2)c(OC)c1. The van der Waals surface area contributed by atoms with E-state index in [-0.39, 0.29) is 10.8 Å². The molecule has 0 saturated carbocycles. The molecule has 1 heterocycles. The summed E-state index contributed by atoms with van der Waals surface area (Å²) in [6, 6.07) is 17.7. The Balaban J connectivity index is 1.62. The zero-order valence-corrected chi connectivity index (χ0v) is 20.0. The second-order valence-electron chi connectivity index (χ2n) is 7.69. The van der Waals surface area contributed by atoms with Crippen molar-refractivity contribution >= 4 is 21.6 Å². The van der Waals surface area contributed by atoms with Gasteiger partial charge in [0, 0.05) is 17.8 Å². The fraction of sp³-hybridized carbons (Fsp3) is 0.240. The Hall–Kier alpha value is -3.56. The van der Waals surface area contributed by atoms with Gasteiger partial charge in [-0.1, -0.05) is 30.3 Å². The average molecular weight is 483 g/mol. The van der Waals surface area contributed by atoms with Crippen molar-refractivity contribution in [2.24, 2.45) is 0 Å². The third-order valence-electron chi connectivity index (χ3n) is 5.70. The number of amides is 1. The lowest BCUT2D eigenvalue weighted by molar-refractivity contribution is 0.0988. The molecular formula is C25H26N2O6S. The fourth-order valence-corrected chi connectivity index (χ4v) is 4.69. The molecule has 0 fully saturated rings. The Kier molecular flexibility index (Phi) is 6.76. The van der Waals surface area contributed by atoms with Crippen LogP contribution in [0.3, 0.4) is 0 Å². The molecule has 34 heavy (non-hydrogen) atoms. The Bertz CT molecular complexity index is 1280. The van der Waals surface area contributed by atoms with Crippen molar-refractivity contribution < 1.29 is 27.4 Å². The van der Waals surface area contributed by atoms with Crippen LogP contribution in [0.1, 0.15) is 21.5 Å². The lowest BCUT2D eigenvalue weighted by atomic mass is 10.1. The van der Waals surface area contributed by atoms with Crippen molar-refractivity contribution in [2.45, 2.75) is 17.9 Å². The summed E-state index contributed by atoms with van der Waals surface area (Å²) >= 11 is 0. The molecule has 4 rings (SSSR count). The second-order valence-corrected chi connectivity index (χ2v) is 9.58. The molecule has 1 aliphatic rings. The fourth-order valence-electron chi connectivity index (χ4n) is 3.91. The van der Waals surface area contributed by atoms with Crippen LogP contribution in [-0.2, 0) is 23.1 Å². The molecule has 0 unspecified atom stereocenters. The van der Waals surface area contributed by atoms with Crippen LogP contribution < -0.4 is 23.8 Å². The van der Waals surface area contributed by atoms with E-state index in [0.717, 1.165) is 11.1 Å². The van der Waals surface area contributed by atoms with Gasteiger partial charge in [-0.15, -0.1) is 0 Å². The lowest BCUT2D eigenvalue weighted by Gasteiger charge is -2.20. The van der Waals surface area contributed by atoms with Crippen LogP contribution >= 0.6 is 0 Å². The van der Waals surface area contributed by atoms with Gasteiger partial charge in [0.2, 0.25) is 15.8 Å². The van der Waals surface area contributed by atoms with Crippen LogP contribution in [-0.4, -0.2) is 42.1 Å². The van der Waals surface area contributed by atoms with Crippen LogP contribution in [0.5, 0.6) is 17.2 Å². The molecule has 3 aromatic carbocycles. The van der Waals surface area contributed by atoms with Gasteiger partial charge in [0.05, 0.1) is 19.1 Å². The highest BCUT2D eigenvalue weighted by molar-refractivity contribution is 7.89. The number of hydrogen-bond acceptors (Lipinski definition) is 6. The summed E-state index contributed by atoms with van der Waals surface area (Å²) in [6.45, 7) is 0.756. The zero-order valence-electron chi connectivity index (χ0n) is 19.2. The lowest BCUT2D eigenvalue weighted by Crippen LogP contribution is -2.29. The number of fused-ring (bicyclic) bond motifs is 1. The van der Waals surface area contributed by atoms with E-state index in [2.05, 4.69) is 4.72 Å². The van der Waals surface area contributed by atoms with Crippen LogP contribution in [0.2, 0.25) is 0 Å². The van der Waals surface area contributed by atoms with E-state index in [1.165, 1.54) is 27.3 Å². The molecule has 3 aromatic rings. The summed E-state index contributed by atoms with van der Waals surface area (Å²) < 4.78 is 43.6. The summed E-state index contributed by atoms with van der Waals surface area (Å²) in [7, 11) is 0.823. The van der Waals surface area contributed by atoms with Gasteiger partial charge >= 0.3 is 0 Å². The van der Waals surface area contributed by atoms with Crippen molar-refractivity contribution in [3.05, 3.63) is 77.4 Å². The molecule has 0 aliphatic carbocycles. The van der Waals surface area contributed by atoms with E-state index in [1.54, 1.807) is 29.2 Å². The minimum Gasteiger partial charge on any atom is -0.493 e. The van der Waals surface area contributed by atoms with E-state index < -0.39 is 10.0 Å². The number of hydrogen-bond donors (Lipinski definition) is 1. The largest absolute Gasteiger partial charge is 0.493 e. The van der Waals surface area contributed by atoms with Crippen molar-refractivity contribution in [1.29, 1.82) is 0 Å². The molecule has 0 saturated heterocycles. The first-order chi connectivity index (χ1) is 16.4. The Morgan fingerprint density at radius 3 is 2.29 bits per heavy atom. The number of carbonyl (C=O) groups is 1. The Morgan fingerprint density at radius 1 is 1.00 bits per heavy atom. The number of nitrogens with one attached hydrogen (secondary N) is 1. The first-order valence-corrected chi connectivity index (χ1v) is 12.2. The van der Waals surface area contributed by atoms with Crippen molar-refractivity contribution in [1.82, 2.24) is 4.72 Å². The molecular weight excluding hydrogens is 456 g/mol. The maximum absolute atomic E-state index is 13.4. The molecule has 1 N–H and O–H groups in total. The van der Waals surface area contributed by atoms with Gasteiger partial charge in [-0.3, -0.25) is 4.79 Å². The standard InChI is InChI=1S/C25H26N2O6S/c1-26-34(29,30)20-9-10-21-18(13-20)11-12-27(21)25(28)19-14-22(31-2)24(23(15-19)32-3)33-16-17-7-5-4-6-8-17/h4-10,13-15,26H,11-12,16H2,1-3H3. The van der Waals surface area contributed by atoms with Crippen LogP contribution in [0, 0.1) is 0 Å². The molecule has 0 atom stereocenters. The number of anilines is 1. The molecule has 0 spiro atoms. The molecule has 9 heteroatoms. The van der Waals surface area contributed by atoms with E-state index in [0.29, 0.717) is 48.1 Å². The molecule has 0 aromatic heterocycles. The highest BCUT2D eigenvalue weighted by atomic mass is 32.2. The predicted molar refractivity (Wildman–Crippen MR) is 128 cm³/mol. The van der Waals surface area contributed by atoms with E-state index in [4.69, 9.17) is 14.2 Å². The van der Waals surface area contributed by atoms with Crippen molar-refractivity contribution in [3.8, 4) is 17.2 Å². The van der Waals surface area contributed by atoms with Gasteiger partial charge in [0.15, 0.2) is 11.5 Å². The maximum Gasteiger partial charge on any atom is 0.258 e. The van der Waals surface area contributed by atoms with Gasteiger partial charge in [-0.05, 0) is 54.9 Å². The number of ether oxygens (including phenoxy) is 3. The second kappa shape index (κ2) is 9.74. The molecule has 8 nitrogen and oxygen atoms in total. The highest BCUT2D eigenvalue weighted by Crippen LogP contribution is 2.40. The minimum absolute atomic E-state index is 0.173. The number of rotatable bonds is 8. The summed E-state index contributed by atoms with van der Waals surface area (Å²) in [5, 5.41) is 0. The summed E-state index contributed by atoms with van der Waals surface area (Å²) in [5.74, 6) is 0.936. The first-order valence-electron chi connectivity index (χ1n) is 10.7. The summed E-state index contributed by atoms with van der Waals surface area (Å²) in [6.07, 6.45) is 0.556. The van der Waals surface area contributed by atoms with Gasteiger partial charge in [-0.25, -0.2) is 13.1 Å². The highest BCUT2D eigenvalue weighted by Gasteiger charge is 2.29. The first kappa shape index (κ1) is 23.6. The Morgan fingerprint density at radius 2 is 1.68 bits per heavy atom. The summed E-state index contributed by atoms with van der Waals surface area (Å²) in [5.41, 5.74) is 2.84. The van der Waals surface area contributed by atoms with E-state index in [1.807, 2.05) is 30.3 Å². The van der Waals surface area contributed by atoms with Gasteiger partial charge < -0.3 is 19.1 Å². The Labute approximate surface area is 199 Å². The van der Waals surface area contributed by atoms with E-state index in [9.17, 15) is 13.2 Å². The van der Waals surface area contributed by atoms with Gasteiger partial charge in [0.25, 0.3) is 5.91 Å². The number of sulfonamides is 1. The average Bonchev–Trinajstić information content (AvgIpc) is 3.30. The number of carbonyl (C=O) groups excluding carboxylic acids is 1. The number of nitrogens with zero attached hydrogens (tertiary/aromatic N) is 1. The molecule has 178 valence electrons. The molecule has 1 amide bonds. The maximum atomic E-state index is 13.4. The van der Waals surface area contributed by atoms with Gasteiger partial charge in [0.1, 0.15) is 6.61 Å². The van der Waals surface area contributed by atoms with Crippen LogP contribution in [0.4, 0.5) is 5.69 Å². The smallest absolute Gasteiger partial charge is 0.258 e. The number of methoxy groups -OCH3 is 2. The summed E-state index contributed by atoms with van der Waals surface area (Å²) in [4.78, 5) is 15.2. The molecule has 1 aliphatic heterocycles. The van der Waals surface area contributed by atoms with Crippen molar-refractivity contribution in [2.75, 3.05) is 32.7 Å². The number of benzene rings is 3. The molecule has 0 bridgehead atoms.